The predicted octanol–water partition coefficient (Wildman–Crippen LogP) is 3.69. The molecule has 0 aromatic heterocycles. The van der Waals surface area contributed by atoms with Gasteiger partial charge in [-0.15, -0.1) is 0 Å². The first-order chi connectivity index (χ1) is 13.3. The zero-order valence-corrected chi connectivity index (χ0v) is 18.5. The fraction of sp³-hybridized carbons (Fsp3) is 0.200. The number of halogens is 3. The van der Waals surface area contributed by atoms with Gasteiger partial charge >= 0.3 is 171 Å². The van der Waals surface area contributed by atoms with Gasteiger partial charge in [-0.3, -0.25) is 0 Å². The van der Waals surface area contributed by atoms with Crippen LogP contribution >= 0.6 is 11.8 Å². The molecule has 2 aromatic carbocycles. The van der Waals surface area contributed by atoms with Crippen LogP contribution in [0.1, 0.15) is 16.7 Å². The van der Waals surface area contributed by atoms with Crippen LogP contribution in [0.25, 0.3) is 5.57 Å². The minimum atomic E-state index is -4.34. The molecule has 2 unspecified atom stereocenters. The first-order valence-electron chi connectivity index (χ1n) is 8.84. The third-order valence-corrected chi connectivity index (χ3v) is 18.7. The molecule has 28 heavy (non-hydrogen) atoms. The van der Waals surface area contributed by atoms with E-state index in [2.05, 4.69) is 17.4 Å². The van der Waals surface area contributed by atoms with E-state index in [9.17, 15) is 22.8 Å². The number of nitrogens with one attached hydrogen (secondary N) is 1. The third-order valence-electron chi connectivity index (χ3n) is 5.72. The molecule has 0 radical (unpaired) electrons. The summed E-state index contributed by atoms with van der Waals surface area (Å²) in [4.78, 5) is 23.9. The van der Waals surface area contributed by atoms with E-state index in [1.807, 2.05) is 12.1 Å². The number of rotatable bonds is 3. The molecule has 8 heteroatoms. The van der Waals surface area contributed by atoms with Gasteiger partial charge in [-0.1, -0.05) is 0 Å². The Hall–Kier alpha value is -1.67. The normalized spacial score (nSPS) is 23.0. The van der Waals surface area contributed by atoms with Gasteiger partial charge in [0.25, 0.3) is 0 Å². The fourth-order valence-corrected chi connectivity index (χ4v) is 19.1. The van der Waals surface area contributed by atoms with Gasteiger partial charge in [-0.2, -0.15) is 0 Å². The Morgan fingerprint density at radius 2 is 1.75 bits per heavy atom. The zero-order valence-electron chi connectivity index (χ0n) is 14.4. The summed E-state index contributed by atoms with van der Waals surface area (Å²) in [6.07, 6.45) is -3.71. The molecule has 2 aromatic rings. The molecule has 3 nitrogen and oxygen atoms in total. The van der Waals surface area contributed by atoms with Crippen molar-refractivity contribution in [3.63, 3.8) is 0 Å². The number of carbonyl (C=O) groups excluding carboxylic acids is 2. The molecule has 4 aliphatic rings. The van der Waals surface area contributed by atoms with Crippen LogP contribution in [0.2, 0.25) is 3.67 Å². The van der Waals surface area contributed by atoms with Gasteiger partial charge in [-0.25, -0.2) is 0 Å². The molecule has 1 fully saturated rings. The summed E-state index contributed by atoms with van der Waals surface area (Å²) in [5.41, 5.74) is 2.56. The zero-order chi connectivity index (χ0) is 19.6. The van der Waals surface area contributed by atoms with Crippen LogP contribution in [0.4, 0.5) is 18.0 Å². The molecule has 2 bridgehead atoms. The van der Waals surface area contributed by atoms with Crippen molar-refractivity contribution in [2.45, 2.75) is 21.5 Å². The van der Waals surface area contributed by atoms with E-state index in [4.69, 9.17) is 0 Å². The first-order valence-corrected chi connectivity index (χ1v) is 14.9. The van der Waals surface area contributed by atoms with Crippen molar-refractivity contribution >= 4 is 53.2 Å². The molecule has 1 saturated heterocycles. The molecule has 2 atom stereocenters. The molecule has 6 rings (SSSR count). The summed E-state index contributed by atoms with van der Waals surface area (Å²) in [7, 11) is 0. The van der Waals surface area contributed by atoms with Crippen LogP contribution in [-0.2, 0) is 17.4 Å². The average Bonchev–Trinajstić information content (AvgIpc) is 3.26. The molecule has 2 amide bonds. The van der Waals surface area contributed by atoms with E-state index in [-0.39, 0.29) is 20.1 Å². The van der Waals surface area contributed by atoms with Crippen LogP contribution in [0, 0.1) is 0 Å². The molecular formula is C20H13F3InNO2S. The second-order valence-electron chi connectivity index (χ2n) is 7.22. The molecule has 0 saturated carbocycles. The van der Waals surface area contributed by atoms with Crippen molar-refractivity contribution in [3.05, 3.63) is 68.6 Å². The van der Waals surface area contributed by atoms with E-state index in [1.165, 1.54) is 17.8 Å². The number of hydrogen-bond acceptors (Lipinski definition) is 3. The number of benzene rings is 2. The maximum atomic E-state index is 12.8. The van der Waals surface area contributed by atoms with Crippen LogP contribution in [0.5, 0.6) is 0 Å². The number of alkyl halides is 3. The van der Waals surface area contributed by atoms with E-state index < -0.39 is 33.2 Å². The van der Waals surface area contributed by atoms with Crippen LogP contribution < -0.4 is 8.64 Å². The fourth-order valence-electron chi connectivity index (χ4n) is 4.59. The van der Waals surface area contributed by atoms with E-state index in [1.54, 1.807) is 12.1 Å². The third kappa shape index (κ3) is 2.76. The van der Waals surface area contributed by atoms with Gasteiger partial charge in [0.05, 0.1) is 0 Å². The monoisotopic (exact) mass is 503 g/mol. The number of imide groups is 1. The summed E-state index contributed by atoms with van der Waals surface area (Å²) >= 11 is -1.42. The van der Waals surface area contributed by atoms with Crippen LogP contribution in [-0.4, -0.2) is 37.8 Å². The number of carbonyl (C=O) groups is 2. The van der Waals surface area contributed by atoms with Gasteiger partial charge in [0.1, 0.15) is 0 Å². The molecule has 1 N–H and O–H groups in total. The van der Waals surface area contributed by atoms with Crippen LogP contribution in [0.3, 0.4) is 0 Å². The standard InChI is InChI=1S/C20H13F3NO2S.In/c21-20(22,23)16-10-7-13(8-11-16)6-9-15(14-4-2-1-3-5-14)12-17-18(25)24-19(26)27-17;/h1-4,7-8,10-12,17H,6H2,(H,24,25,26);. The van der Waals surface area contributed by atoms with Crippen molar-refractivity contribution in [2.24, 2.45) is 0 Å². The number of amides is 2. The van der Waals surface area contributed by atoms with E-state index in [0.29, 0.717) is 6.42 Å². The summed E-state index contributed by atoms with van der Waals surface area (Å²) in [5.74, 6) is -0.208. The SMILES string of the molecule is O=C1NC(=O)C([CH]2C3=[C](Cc4ccc(C(F)(F)F)cc4)[In]2[c]2ccccc23)S1. The topological polar surface area (TPSA) is 46.2 Å². The first kappa shape index (κ1) is 18.4. The van der Waals surface area contributed by atoms with E-state index >= 15 is 0 Å². The van der Waals surface area contributed by atoms with Crippen LogP contribution in [0.15, 0.2) is 51.9 Å². The second-order valence-corrected chi connectivity index (χ2v) is 16.9. The Kier molecular flexibility index (Phi) is 4.21. The van der Waals surface area contributed by atoms with Gasteiger partial charge in [0.2, 0.25) is 0 Å². The number of hydrogen-bond donors (Lipinski definition) is 1. The van der Waals surface area contributed by atoms with Gasteiger partial charge in [0.15, 0.2) is 0 Å². The maximum absolute atomic E-state index is 12.8. The Morgan fingerprint density at radius 3 is 2.36 bits per heavy atom. The Labute approximate surface area is 170 Å². The summed E-state index contributed by atoms with van der Waals surface area (Å²) in [6.45, 7) is 0. The predicted molar refractivity (Wildman–Crippen MR) is 103 cm³/mol. The van der Waals surface area contributed by atoms with Crippen molar-refractivity contribution < 1.29 is 22.8 Å². The molecular weight excluding hydrogens is 490 g/mol. The second kappa shape index (κ2) is 6.42. The van der Waals surface area contributed by atoms with Crippen molar-refractivity contribution in [1.29, 1.82) is 0 Å². The average molecular weight is 503 g/mol. The van der Waals surface area contributed by atoms with Crippen molar-refractivity contribution in [1.82, 2.24) is 5.32 Å². The van der Waals surface area contributed by atoms with Gasteiger partial charge in [0, 0.05) is 0 Å². The molecule has 0 aliphatic carbocycles. The van der Waals surface area contributed by atoms with E-state index in [0.717, 1.165) is 29.5 Å². The molecule has 0 spiro atoms. The Bertz CT molecular complexity index is 1050. The summed E-state index contributed by atoms with van der Waals surface area (Å²) < 4.78 is 41.2. The van der Waals surface area contributed by atoms with Gasteiger partial charge in [-0.05, 0) is 0 Å². The molecule has 140 valence electrons. The van der Waals surface area contributed by atoms with Gasteiger partial charge < -0.3 is 0 Å². The van der Waals surface area contributed by atoms with Crippen molar-refractivity contribution in [2.75, 3.05) is 0 Å². The quantitative estimate of drug-likeness (QED) is 0.696. The molecule has 4 heterocycles. The molecule has 4 aliphatic heterocycles. The number of thioether (sulfide) groups is 1. The Morgan fingerprint density at radius 1 is 1.04 bits per heavy atom. The minimum absolute atomic E-state index is 0.153. The number of allylic oxidation sites excluding steroid dienone is 2. The summed E-state index contributed by atoms with van der Waals surface area (Å²) in [5, 5.41) is 1.74. The summed E-state index contributed by atoms with van der Waals surface area (Å²) in [6, 6.07) is 13.5. The van der Waals surface area contributed by atoms with Crippen molar-refractivity contribution in [3.8, 4) is 0 Å². The Balaban J connectivity index is 1.48.